The number of aryl methyl sites for hydroxylation is 2. The van der Waals surface area contributed by atoms with E-state index in [9.17, 15) is 9.59 Å². The summed E-state index contributed by atoms with van der Waals surface area (Å²) in [6.45, 7) is 1.65. The molecule has 124 valence electrons. The Hall–Kier alpha value is -2.83. The van der Waals surface area contributed by atoms with Gasteiger partial charge in [0.15, 0.2) is 11.9 Å². The van der Waals surface area contributed by atoms with Gasteiger partial charge in [0.05, 0.1) is 16.9 Å². The van der Waals surface area contributed by atoms with Gasteiger partial charge in [0, 0.05) is 12.6 Å². The highest BCUT2D eigenvalue weighted by atomic mass is 16.5. The van der Waals surface area contributed by atoms with Crippen LogP contribution in [0.3, 0.4) is 0 Å². The summed E-state index contributed by atoms with van der Waals surface area (Å²) < 4.78 is 7.35. The molecule has 0 spiro atoms. The summed E-state index contributed by atoms with van der Waals surface area (Å²) in [6, 6.07) is 5.13. The fourth-order valence-corrected chi connectivity index (χ4v) is 3.26. The third-order valence-corrected chi connectivity index (χ3v) is 4.48. The number of carbonyl (C=O) groups is 2. The summed E-state index contributed by atoms with van der Waals surface area (Å²) >= 11 is 0. The molecule has 0 saturated carbocycles. The van der Waals surface area contributed by atoms with E-state index in [1.165, 1.54) is 0 Å². The number of fused-ring (bicyclic) bond motifs is 2. The van der Waals surface area contributed by atoms with Crippen LogP contribution in [0.1, 0.15) is 35.0 Å². The van der Waals surface area contributed by atoms with Gasteiger partial charge in [-0.25, -0.2) is 0 Å². The molecule has 2 aliphatic rings. The molecule has 1 aliphatic heterocycles. The van der Waals surface area contributed by atoms with Crippen molar-refractivity contribution in [3.8, 4) is 5.75 Å². The number of anilines is 2. The molecule has 1 aromatic carbocycles. The summed E-state index contributed by atoms with van der Waals surface area (Å²) in [7, 11) is 1.83. The maximum absolute atomic E-state index is 12.8. The molecule has 24 heavy (non-hydrogen) atoms. The molecule has 4 rings (SSSR count). The summed E-state index contributed by atoms with van der Waals surface area (Å²) in [5.74, 6) is 0.649. The SMILES string of the molecule is CC1Oc2c(cccc2C(=O)Nc2c3c(nn2C)CCC3)NC1=O. The van der Waals surface area contributed by atoms with E-state index in [2.05, 4.69) is 15.7 Å². The van der Waals surface area contributed by atoms with E-state index in [1.54, 1.807) is 29.8 Å². The highest BCUT2D eigenvalue weighted by Gasteiger charge is 2.29. The van der Waals surface area contributed by atoms with Crippen molar-refractivity contribution in [2.75, 3.05) is 10.6 Å². The Balaban J connectivity index is 1.67. The molecule has 0 radical (unpaired) electrons. The van der Waals surface area contributed by atoms with Gasteiger partial charge in [0.25, 0.3) is 11.8 Å². The second kappa shape index (κ2) is 5.36. The zero-order chi connectivity index (χ0) is 16.8. The molecular formula is C17H18N4O3. The summed E-state index contributed by atoms with van der Waals surface area (Å²) in [4.78, 5) is 24.5. The van der Waals surface area contributed by atoms with Gasteiger partial charge in [0.1, 0.15) is 5.82 Å². The average Bonchev–Trinajstić information content (AvgIpc) is 3.10. The molecular weight excluding hydrogens is 308 g/mol. The average molecular weight is 326 g/mol. The first-order valence-electron chi connectivity index (χ1n) is 8.01. The van der Waals surface area contributed by atoms with Crippen LogP contribution in [0.5, 0.6) is 5.75 Å². The van der Waals surface area contributed by atoms with Crippen molar-refractivity contribution in [2.24, 2.45) is 7.05 Å². The lowest BCUT2D eigenvalue weighted by molar-refractivity contribution is -0.122. The maximum Gasteiger partial charge on any atom is 0.265 e. The highest BCUT2D eigenvalue weighted by molar-refractivity contribution is 6.09. The molecule has 2 N–H and O–H groups in total. The Morgan fingerprint density at radius 1 is 1.42 bits per heavy atom. The quantitative estimate of drug-likeness (QED) is 0.882. The first-order chi connectivity index (χ1) is 11.5. The monoisotopic (exact) mass is 326 g/mol. The fourth-order valence-electron chi connectivity index (χ4n) is 3.26. The number of para-hydroxylation sites is 1. The lowest BCUT2D eigenvalue weighted by atomic mass is 10.1. The largest absolute Gasteiger partial charge is 0.478 e. The molecule has 7 nitrogen and oxygen atoms in total. The fraction of sp³-hybridized carbons (Fsp3) is 0.353. The lowest BCUT2D eigenvalue weighted by Gasteiger charge is -2.25. The zero-order valence-corrected chi connectivity index (χ0v) is 13.5. The van der Waals surface area contributed by atoms with Crippen LogP contribution in [-0.4, -0.2) is 27.7 Å². The highest BCUT2D eigenvalue weighted by Crippen LogP contribution is 2.34. The van der Waals surface area contributed by atoms with Gasteiger partial charge in [-0.3, -0.25) is 14.3 Å². The van der Waals surface area contributed by atoms with Crippen molar-refractivity contribution in [1.82, 2.24) is 9.78 Å². The third kappa shape index (κ3) is 2.24. The minimum absolute atomic E-state index is 0.218. The number of hydrogen-bond acceptors (Lipinski definition) is 4. The Labute approximate surface area is 139 Å². The van der Waals surface area contributed by atoms with Gasteiger partial charge in [-0.1, -0.05) is 6.07 Å². The summed E-state index contributed by atoms with van der Waals surface area (Å²) in [6.07, 6.45) is 2.31. The Kier molecular flexibility index (Phi) is 3.30. The van der Waals surface area contributed by atoms with Crippen molar-refractivity contribution >= 4 is 23.3 Å². The Morgan fingerprint density at radius 3 is 3.08 bits per heavy atom. The van der Waals surface area contributed by atoms with Crippen LogP contribution in [0.25, 0.3) is 0 Å². The predicted octanol–water partition coefficient (Wildman–Crippen LogP) is 1.88. The number of benzene rings is 1. The molecule has 2 heterocycles. The minimum atomic E-state index is -0.632. The summed E-state index contributed by atoms with van der Waals surface area (Å²) in [5, 5.41) is 10.2. The second-order valence-electron chi connectivity index (χ2n) is 6.14. The number of nitrogens with one attached hydrogen (secondary N) is 2. The Morgan fingerprint density at radius 2 is 2.25 bits per heavy atom. The van der Waals surface area contributed by atoms with E-state index < -0.39 is 6.10 Å². The second-order valence-corrected chi connectivity index (χ2v) is 6.14. The number of carbonyl (C=O) groups excluding carboxylic acids is 2. The van der Waals surface area contributed by atoms with Gasteiger partial charge >= 0.3 is 0 Å². The van der Waals surface area contributed by atoms with Crippen LogP contribution < -0.4 is 15.4 Å². The first kappa shape index (κ1) is 14.7. The van der Waals surface area contributed by atoms with Crippen LogP contribution >= 0.6 is 0 Å². The van der Waals surface area contributed by atoms with Crippen molar-refractivity contribution in [2.45, 2.75) is 32.3 Å². The number of aromatic nitrogens is 2. The van der Waals surface area contributed by atoms with Crippen molar-refractivity contribution in [3.63, 3.8) is 0 Å². The van der Waals surface area contributed by atoms with Gasteiger partial charge in [0.2, 0.25) is 0 Å². The van der Waals surface area contributed by atoms with Gasteiger partial charge in [-0.05, 0) is 38.3 Å². The van der Waals surface area contributed by atoms with Crippen LogP contribution in [0, 0.1) is 0 Å². The molecule has 2 amide bonds. The third-order valence-electron chi connectivity index (χ3n) is 4.48. The van der Waals surface area contributed by atoms with E-state index in [-0.39, 0.29) is 11.8 Å². The maximum atomic E-state index is 12.8. The van der Waals surface area contributed by atoms with E-state index in [1.807, 2.05) is 7.05 Å². The molecule has 1 aliphatic carbocycles. The number of ether oxygens (including phenoxy) is 1. The van der Waals surface area contributed by atoms with Crippen molar-refractivity contribution in [3.05, 3.63) is 35.0 Å². The molecule has 0 bridgehead atoms. The molecule has 0 saturated heterocycles. The first-order valence-corrected chi connectivity index (χ1v) is 8.01. The number of rotatable bonds is 2. The van der Waals surface area contributed by atoms with E-state index in [0.29, 0.717) is 17.0 Å². The lowest BCUT2D eigenvalue weighted by Crippen LogP contribution is -2.35. The Bertz CT molecular complexity index is 856. The van der Waals surface area contributed by atoms with Crippen LogP contribution in [0.2, 0.25) is 0 Å². The number of hydrogen-bond donors (Lipinski definition) is 2. The number of amides is 2. The van der Waals surface area contributed by atoms with Crippen molar-refractivity contribution in [1.29, 1.82) is 0 Å². The standard InChI is InChI=1S/C17H18N4O3/c1-9-16(22)18-13-8-4-6-11(14(13)24-9)17(23)19-15-10-5-3-7-12(10)20-21(15)2/h4,6,8-9H,3,5,7H2,1-2H3,(H,18,22)(H,19,23). The minimum Gasteiger partial charge on any atom is -0.478 e. The molecule has 1 aromatic heterocycles. The van der Waals surface area contributed by atoms with Crippen LogP contribution in [-0.2, 0) is 24.7 Å². The van der Waals surface area contributed by atoms with E-state index in [4.69, 9.17) is 4.74 Å². The van der Waals surface area contributed by atoms with E-state index in [0.717, 1.165) is 36.3 Å². The summed E-state index contributed by atoms with van der Waals surface area (Å²) in [5.41, 5.74) is 3.08. The predicted molar refractivity (Wildman–Crippen MR) is 88.3 cm³/mol. The molecule has 0 fully saturated rings. The topological polar surface area (TPSA) is 85.2 Å². The molecule has 2 aromatic rings. The van der Waals surface area contributed by atoms with Gasteiger partial charge in [-0.2, -0.15) is 5.10 Å². The van der Waals surface area contributed by atoms with Crippen LogP contribution in [0.15, 0.2) is 18.2 Å². The van der Waals surface area contributed by atoms with Gasteiger partial charge < -0.3 is 15.4 Å². The molecule has 1 unspecified atom stereocenters. The normalized spacial score (nSPS) is 18.4. The number of nitrogens with zero attached hydrogens (tertiary/aromatic N) is 2. The molecule has 1 atom stereocenters. The smallest absolute Gasteiger partial charge is 0.265 e. The van der Waals surface area contributed by atoms with E-state index >= 15 is 0 Å². The van der Waals surface area contributed by atoms with Gasteiger partial charge in [-0.15, -0.1) is 0 Å². The van der Waals surface area contributed by atoms with Crippen LogP contribution in [0.4, 0.5) is 11.5 Å². The zero-order valence-electron chi connectivity index (χ0n) is 13.5. The molecule has 7 heteroatoms. The van der Waals surface area contributed by atoms with Crippen molar-refractivity contribution < 1.29 is 14.3 Å².